The summed E-state index contributed by atoms with van der Waals surface area (Å²) in [6, 6.07) is 0. The van der Waals surface area contributed by atoms with Crippen LogP contribution >= 0.6 is 0 Å². The molecule has 7 nitrogen and oxygen atoms in total. The second kappa shape index (κ2) is 5.69. The van der Waals surface area contributed by atoms with Gasteiger partial charge in [0.2, 0.25) is 0 Å². The summed E-state index contributed by atoms with van der Waals surface area (Å²) in [5.74, 6) is -5.85. The molecule has 0 aliphatic heterocycles. The lowest BCUT2D eigenvalue weighted by molar-refractivity contribution is -0.145. The van der Waals surface area contributed by atoms with Gasteiger partial charge in [0, 0.05) is 12.5 Å². The quantitative estimate of drug-likeness (QED) is 0.737. The number of hydrogen-bond donors (Lipinski definition) is 3. The number of carbonyl (C=O) groups excluding carboxylic acids is 1. The number of aromatic nitrogens is 4. The second-order valence-corrected chi connectivity index (χ2v) is 4.92. The third-order valence-electron chi connectivity index (χ3n) is 2.89. The number of nitrogens with two attached hydrogens (primary N) is 1. The fourth-order valence-electron chi connectivity index (χ4n) is 1.76. The van der Waals surface area contributed by atoms with Gasteiger partial charge in [0.25, 0.3) is 11.8 Å². The van der Waals surface area contributed by atoms with E-state index in [0.717, 1.165) is 0 Å². The Labute approximate surface area is 131 Å². The maximum Gasteiger partial charge on any atom is 0.435 e. The molecule has 2 aromatic rings. The van der Waals surface area contributed by atoms with Crippen molar-refractivity contribution in [3.8, 4) is 0 Å². The summed E-state index contributed by atoms with van der Waals surface area (Å²) in [6.07, 6.45) is -3.89. The first-order valence-electron chi connectivity index (χ1n) is 6.35. The SMILES string of the molecule is Cc1cn[nH]c1NC(=O)c1nc(C(F)(F)F)c(C(C)(F)F)nc1N. The number of nitrogen functional groups attached to an aromatic ring is 1. The van der Waals surface area contributed by atoms with Crippen LogP contribution in [0.5, 0.6) is 0 Å². The van der Waals surface area contributed by atoms with Crippen LogP contribution in [0.2, 0.25) is 0 Å². The van der Waals surface area contributed by atoms with Crippen molar-refractivity contribution in [2.75, 3.05) is 11.1 Å². The van der Waals surface area contributed by atoms with Crippen LogP contribution in [0.3, 0.4) is 0 Å². The van der Waals surface area contributed by atoms with Crippen molar-refractivity contribution in [2.45, 2.75) is 25.9 Å². The molecule has 0 spiro atoms. The summed E-state index contributed by atoms with van der Waals surface area (Å²) in [5, 5.41) is 8.19. The minimum absolute atomic E-state index is 0.0969. The molecule has 0 fully saturated rings. The molecule has 24 heavy (non-hydrogen) atoms. The molecule has 0 radical (unpaired) electrons. The summed E-state index contributed by atoms with van der Waals surface area (Å²) in [6.45, 7) is 1.79. The van der Waals surface area contributed by atoms with Gasteiger partial charge in [0.15, 0.2) is 17.2 Å². The predicted octanol–water partition coefficient (Wildman–Crippen LogP) is 2.47. The minimum atomic E-state index is -5.24. The van der Waals surface area contributed by atoms with Crippen molar-refractivity contribution >= 4 is 17.5 Å². The summed E-state index contributed by atoms with van der Waals surface area (Å²) >= 11 is 0. The number of aryl methyl sites for hydroxylation is 1. The fourth-order valence-corrected chi connectivity index (χ4v) is 1.76. The van der Waals surface area contributed by atoms with Crippen molar-refractivity contribution < 1.29 is 26.7 Å². The molecule has 12 heteroatoms. The smallest absolute Gasteiger partial charge is 0.382 e. The Balaban J connectivity index is 2.52. The Bertz CT molecular complexity index is 779. The Morgan fingerprint density at radius 3 is 2.29 bits per heavy atom. The Morgan fingerprint density at radius 2 is 1.83 bits per heavy atom. The van der Waals surface area contributed by atoms with Crippen LogP contribution in [0.4, 0.5) is 33.6 Å². The molecular formula is C12H11F5N6O. The van der Waals surface area contributed by atoms with Crippen LogP contribution < -0.4 is 11.1 Å². The first kappa shape index (κ1) is 17.6. The van der Waals surface area contributed by atoms with Gasteiger partial charge < -0.3 is 11.1 Å². The number of H-pyrrole nitrogens is 1. The van der Waals surface area contributed by atoms with Crippen LogP contribution in [0.25, 0.3) is 0 Å². The van der Waals surface area contributed by atoms with E-state index >= 15 is 0 Å². The molecule has 1 amide bonds. The van der Waals surface area contributed by atoms with Crippen LogP contribution in [0.15, 0.2) is 6.20 Å². The summed E-state index contributed by atoms with van der Waals surface area (Å²) in [5.41, 5.74) is 1.27. The van der Waals surface area contributed by atoms with E-state index in [-0.39, 0.29) is 12.7 Å². The molecule has 4 N–H and O–H groups in total. The van der Waals surface area contributed by atoms with Gasteiger partial charge >= 0.3 is 6.18 Å². The number of alkyl halides is 5. The maximum atomic E-state index is 13.3. The molecule has 130 valence electrons. The lowest BCUT2D eigenvalue weighted by atomic mass is 10.2. The van der Waals surface area contributed by atoms with Gasteiger partial charge in [0.1, 0.15) is 11.5 Å². The maximum absolute atomic E-state index is 13.3. The summed E-state index contributed by atoms with van der Waals surface area (Å²) < 4.78 is 65.6. The molecule has 0 aromatic carbocycles. The van der Waals surface area contributed by atoms with Crippen molar-refractivity contribution in [2.24, 2.45) is 0 Å². The highest BCUT2D eigenvalue weighted by Crippen LogP contribution is 2.37. The van der Waals surface area contributed by atoms with E-state index in [9.17, 15) is 26.7 Å². The van der Waals surface area contributed by atoms with Gasteiger partial charge in [-0.3, -0.25) is 9.89 Å². The van der Waals surface area contributed by atoms with Crippen LogP contribution in [-0.4, -0.2) is 26.1 Å². The monoisotopic (exact) mass is 350 g/mol. The average molecular weight is 350 g/mol. The summed E-state index contributed by atoms with van der Waals surface area (Å²) in [4.78, 5) is 18.1. The number of rotatable bonds is 3. The molecule has 0 bridgehead atoms. The number of anilines is 2. The standard InChI is InChI=1S/C12H11F5N6O/c1-4-3-19-23-9(4)22-10(24)5-8(18)21-6(11(2,13)14)7(20-5)12(15,16)17/h3H,1-2H3,(H2,18,21)(H2,19,22,23,24). The molecular weight excluding hydrogens is 339 g/mol. The first-order valence-corrected chi connectivity index (χ1v) is 6.35. The van der Waals surface area contributed by atoms with Crippen molar-refractivity contribution in [1.82, 2.24) is 20.2 Å². The van der Waals surface area contributed by atoms with Crippen molar-refractivity contribution in [1.29, 1.82) is 0 Å². The minimum Gasteiger partial charge on any atom is -0.382 e. The molecule has 2 rings (SSSR count). The Hall–Kier alpha value is -2.79. The first-order chi connectivity index (χ1) is 10.9. The van der Waals surface area contributed by atoms with E-state index < -0.39 is 40.9 Å². The number of aromatic amines is 1. The zero-order valence-corrected chi connectivity index (χ0v) is 12.3. The third kappa shape index (κ3) is 3.41. The van der Waals surface area contributed by atoms with Gasteiger partial charge in [-0.2, -0.15) is 27.1 Å². The zero-order valence-electron chi connectivity index (χ0n) is 12.3. The highest BCUT2D eigenvalue weighted by atomic mass is 19.4. The topological polar surface area (TPSA) is 110 Å². The molecule has 2 heterocycles. The number of carbonyl (C=O) groups is 1. The number of nitrogens with zero attached hydrogens (tertiary/aromatic N) is 3. The molecule has 0 aliphatic rings. The number of hydrogen-bond acceptors (Lipinski definition) is 5. The number of nitrogens with one attached hydrogen (secondary N) is 2. The van der Waals surface area contributed by atoms with E-state index in [2.05, 4.69) is 25.5 Å². The molecule has 0 unspecified atom stereocenters. The fraction of sp³-hybridized carbons (Fsp3) is 0.333. The molecule has 0 saturated carbocycles. The molecule has 0 atom stereocenters. The van der Waals surface area contributed by atoms with Crippen LogP contribution in [0.1, 0.15) is 34.4 Å². The summed E-state index contributed by atoms with van der Waals surface area (Å²) in [7, 11) is 0. The predicted molar refractivity (Wildman–Crippen MR) is 72.3 cm³/mol. The van der Waals surface area contributed by atoms with Gasteiger partial charge in [-0.15, -0.1) is 0 Å². The van der Waals surface area contributed by atoms with E-state index in [4.69, 9.17) is 5.73 Å². The average Bonchev–Trinajstić information content (AvgIpc) is 2.81. The Kier molecular flexibility index (Phi) is 4.16. The third-order valence-corrected chi connectivity index (χ3v) is 2.89. The largest absolute Gasteiger partial charge is 0.435 e. The van der Waals surface area contributed by atoms with Crippen LogP contribution in [0, 0.1) is 6.92 Å². The lowest BCUT2D eigenvalue weighted by Gasteiger charge is -2.17. The molecule has 2 aromatic heterocycles. The highest BCUT2D eigenvalue weighted by molar-refractivity contribution is 6.05. The van der Waals surface area contributed by atoms with E-state index in [1.807, 2.05) is 0 Å². The van der Waals surface area contributed by atoms with Gasteiger partial charge in [-0.1, -0.05) is 0 Å². The normalized spacial score (nSPS) is 12.3. The van der Waals surface area contributed by atoms with Crippen molar-refractivity contribution in [3.05, 3.63) is 28.8 Å². The van der Waals surface area contributed by atoms with Gasteiger partial charge in [-0.25, -0.2) is 9.97 Å². The van der Waals surface area contributed by atoms with Crippen LogP contribution in [-0.2, 0) is 12.1 Å². The molecule has 0 aliphatic carbocycles. The number of halogens is 5. The molecule has 0 saturated heterocycles. The lowest BCUT2D eigenvalue weighted by Crippen LogP contribution is -2.26. The van der Waals surface area contributed by atoms with E-state index in [0.29, 0.717) is 5.56 Å². The highest BCUT2D eigenvalue weighted by Gasteiger charge is 2.44. The second-order valence-electron chi connectivity index (χ2n) is 4.92. The van der Waals surface area contributed by atoms with Crippen molar-refractivity contribution in [3.63, 3.8) is 0 Å². The van der Waals surface area contributed by atoms with Gasteiger partial charge in [0.05, 0.1) is 6.20 Å². The Morgan fingerprint density at radius 1 is 1.21 bits per heavy atom. The van der Waals surface area contributed by atoms with E-state index in [1.54, 1.807) is 6.92 Å². The van der Waals surface area contributed by atoms with E-state index in [1.165, 1.54) is 6.20 Å². The zero-order chi connectivity index (χ0) is 18.3. The number of amides is 1. The van der Waals surface area contributed by atoms with Gasteiger partial charge in [-0.05, 0) is 6.92 Å².